The molecule has 2 heterocycles. The number of pyridine rings is 1. The quantitative estimate of drug-likeness (QED) is 0.800. The molecule has 17 heavy (non-hydrogen) atoms. The molecule has 0 spiro atoms. The van der Waals surface area contributed by atoms with Crippen molar-refractivity contribution in [2.45, 2.75) is 18.1 Å². The molecule has 6 heteroatoms. The van der Waals surface area contributed by atoms with Crippen LogP contribution >= 0.6 is 11.8 Å². The number of anilines is 1. The average Bonchev–Trinajstić information content (AvgIpc) is 2.82. The minimum Gasteiger partial charge on any atom is -0.478 e. The van der Waals surface area contributed by atoms with E-state index in [-0.39, 0.29) is 11.4 Å². The number of thioether (sulfide) groups is 1. The van der Waals surface area contributed by atoms with Crippen LogP contribution in [0.2, 0.25) is 0 Å². The maximum Gasteiger partial charge on any atom is 0.339 e. The van der Waals surface area contributed by atoms with E-state index in [1.165, 1.54) is 6.07 Å². The van der Waals surface area contributed by atoms with Gasteiger partial charge in [-0.1, -0.05) is 0 Å². The van der Waals surface area contributed by atoms with Gasteiger partial charge >= 0.3 is 5.97 Å². The molecule has 1 amide bonds. The van der Waals surface area contributed by atoms with Crippen LogP contribution in [-0.4, -0.2) is 28.2 Å². The second-order valence-corrected chi connectivity index (χ2v) is 5.01. The van der Waals surface area contributed by atoms with E-state index in [2.05, 4.69) is 10.3 Å². The van der Waals surface area contributed by atoms with Crippen LogP contribution in [0.15, 0.2) is 12.1 Å². The van der Waals surface area contributed by atoms with Crippen molar-refractivity contribution < 1.29 is 14.7 Å². The molecule has 0 aromatic carbocycles. The summed E-state index contributed by atoms with van der Waals surface area (Å²) >= 11 is 1.81. The Kier molecular flexibility index (Phi) is 3.63. The standard InChI is InChI=1S/C11H12N2O3S/c14-6-12-10-7(11(15)16)3-4-8(13-10)9-2-1-5-17-9/h3-4,6,9H,1-2,5H2,(H,15,16)(H,12,13,14). The topological polar surface area (TPSA) is 79.3 Å². The molecular formula is C11H12N2O3S. The van der Waals surface area contributed by atoms with E-state index in [4.69, 9.17) is 5.11 Å². The number of rotatable bonds is 4. The molecule has 0 saturated carbocycles. The summed E-state index contributed by atoms with van der Waals surface area (Å²) in [5.74, 6) is 0.133. The number of amides is 1. The van der Waals surface area contributed by atoms with Crippen molar-refractivity contribution in [3.8, 4) is 0 Å². The maximum atomic E-state index is 10.9. The number of carboxylic acid groups (broad SMARTS) is 1. The van der Waals surface area contributed by atoms with Gasteiger partial charge < -0.3 is 10.4 Å². The SMILES string of the molecule is O=CNc1nc(C2CCCS2)ccc1C(=O)O. The van der Waals surface area contributed by atoms with Gasteiger partial charge in [0.05, 0.1) is 5.69 Å². The summed E-state index contributed by atoms with van der Waals surface area (Å²) in [6.07, 6.45) is 2.64. The largest absolute Gasteiger partial charge is 0.478 e. The zero-order valence-corrected chi connectivity index (χ0v) is 9.87. The van der Waals surface area contributed by atoms with E-state index < -0.39 is 5.97 Å². The average molecular weight is 252 g/mol. The Balaban J connectivity index is 2.33. The van der Waals surface area contributed by atoms with Crippen molar-refractivity contribution in [2.75, 3.05) is 11.1 Å². The molecular weight excluding hydrogens is 240 g/mol. The summed E-state index contributed by atoms with van der Waals surface area (Å²) in [5, 5.41) is 11.6. The first-order chi connectivity index (χ1) is 8.22. The van der Waals surface area contributed by atoms with Crippen molar-refractivity contribution in [1.82, 2.24) is 4.98 Å². The minimum absolute atomic E-state index is 0.0175. The summed E-state index contributed by atoms with van der Waals surface area (Å²) in [5.41, 5.74) is 0.852. The van der Waals surface area contributed by atoms with Gasteiger partial charge in [0.15, 0.2) is 0 Å². The van der Waals surface area contributed by atoms with E-state index in [1.54, 1.807) is 6.07 Å². The lowest BCUT2D eigenvalue weighted by atomic mass is 10.1. The lowest BCUT2D eigenvalue weighted by Gasteiger charge is -2.11. The highest BCUT2D eigenvalue weighted by molar-refractivity contribution is 7.99. The van der Waals surface area contributed by atoms with E-state index in [0.29, 0.717) is 11.7 Å². The molecule has 1 fully saturated rings. The zero-order valence-electron chi connectivity index (χ0n) is 9.05. The fraction of sp³-hybridized carbons (Fsp3) is 0.364. The third kappa shape index (κ3) is 2.58. The molecule has 0 aliphatic carbocycles. The summed E-state index contributed by atoms with van der Waals surface area (Å²) in [6.45, 7) is 0. The second-order valence-electron chi connectivity index (χ2n) is 3.70. The lowest BCUT2D eigenvalue weighted by Crippen LogP contribution is -2.08. The molecule has 1 saturated heterocycles. The summed E-state index contributed by atoms with van der Waals surface area (Å²) in [6, 6.07) is 3.22. The smallest absolute Gasteiger partial charge is 0.339 e. The number of nitrogens with one attached hydrogen (secondary N) is 1. The molecule has 1 aromatic rings. The summed E-state index contributed by atoms with van der Waals surface area (Å²) in [4.78, 5) is 25.6. The van der Waals surface area contributed by atoms with Crippen LogP contribution in [0.25, 0.3) is 0 Å². The first-order valence-electron chi connectivity index (χ1n) is 5.28. The van der Waals surface area contributed by atoms with Crippen LogP contribution in [-0.2, 0) is 4.79 Å². The lowest BCUT2D eigenvalue weighted by molar-refractivity contribution is -0.105. The van der Waals surface area contributed by atoms with Gasteiger partial charge in [0.1, 0.15) is 11.4 Å². The number of aromatic carboxylic acids is 1. The fourth-order valence-corrected chi connectivity index (χ4v) is 3.06. The predicted molar refractivity (Wildman–Crippen MR) is 65.3 cm³/mol. The molecule has 90 valence electrons. The Labute approximate surface area is 103 Å². The Morgan fingerprint density at radius 3 is 3.00 bits per heavy atom. The van der Waals surface area contributed by atoms with Gasteiger partial charge in [0.2, 0.25) is 6.41 Å². The number of hydrogen-bond donors (Lipinski definition) is 2. The van der Waals surface area contributed by atoms with E-state index in [0.717, 1.165) is 24.3 Å². The van der Waals surface area contributed by atoms with Crippen LogP contribution in [0.4, 0.5) is 5.82 Å². The van der Waals surface area contributed by atoms with Gasteiger partial charge in [0.25, 0.3) is 0 Å². The van der Waals surface area contributed by atoms with Gasteiger partial charge in [-0.2, -0.15) is 11.8 Å². The monoisotopic (exact) mass is 252 g/mol. The molecule has 0 radical (unpaired) electrons. The molecule has 2 rings (SSSR count). The second kappa shape index (κ2) is 5.18. The minimum atomic E-state index is -1.09. The highest BCUT2D eigenvalue weighted by Gasteiger charge is 2.21. The van der Waals surface area contributed by atoms with Gasteiger partial charge in [-0.05, 0) is 30.7 Å². The first-order valence-corrected chi connectivity index (χ1v) is 6.33. The normalized spacial score (nSPS) is 18.9. The summed E-state index contributed by atoms with van der Waals surface area (Å²) in [7, 11) is 0. The molecule has 1 aliphatic heterocycles. The number of hydrogen-bond acceptors (Lipinski definition) is 4. The maximum absolute atomic E-state index is 10.9. The van der Waals surface area contributed by atoms with E-state index in [9.17, 15) is 9.59 Å². The fourth-order valence-electron chi connectivity index (χ4n) is 1.80. The molecule has 1 aliphatic rings. The van der Waals surface area contributed by atoms with Gasteiger partial charge in [-0.25, -0.2) is 9.78 Å². The Hall–Kier alpha value is -1.56. The number of carboxylic acids is 1. The van der Waals surface area contributed by atoms with Crippen molar-refractivity contribution in [1.29, 1.82) is 0 Å². The van der Waals surface area contributed by atoms with E-state index >= 15 is 0 Å². The van der Waals surface area contributed by atoms with Gasteiger partial charge in [0, 0.05) is 5.25 Å². The van der Waals surface area contributed by atoms with Gasteiger partial charge in [-0.3, -0.25) is 4.79 Å². The number of nitrogens with zero attached hydrogens (tertiary/aromatic N) is 1. The first kappa shape index (κ1) is 11.9. The Morgan fingerprint density at radius 1 is 1.59 bits per heavy atom. The van der Waals surface area contributed by atoms with Crippen LogP contribution in [0.1, 0.15) is 34.1 Å². The Morgan fingerprint density at radius 2 is 2.41 bits per heavy atom. The van der Waals surface area contributed by atoms with Crippen molar-refractivity contribution in [2.24, 2.45) is 0 Å². The molecule has 2 N–H and O–H groups in total. The molecule has 1 aromatic heterocycles. The molecule has 5 nitrogen and oxygen atoms in total. The third-order valence-corrected chi connectivity index (χ3v) is 4.01. The Bertz CT molecular complexity index is 444. The molecule has 1 unspecified atom stereocenters. The molecule has 0 bridgehead atoms. The van der Waals surface area contributed by atoms with Crippen LogP contribution < -0.4 is 5.32 Å². The van der Waals surface area contributed by atoms with E-state index in [1.807, 2.05) is 11.8 Å². The predicted octanol–water partition coefficient (Wildman–Crippen LogP) is 1.92. The van der Waals surface area contributed by atoms with Crippen LogP contribution in [0.5, 0.6) is 0 Å². The zero-order chi connectivity index (χ0) is 12.3. The van der Waals surface area contributed by atoms with Crippen molar-refractivity contribution >= 4 is 30.0 Å². The summed E-state index contributed by atoms with van der Waals surface area (Å²) < 4.78 is 0. The van der Waals surface area contributed by atoms with Crippen LogP contribution in [0, 0.1) is 0 Å². The number of carbonyl (C=O) groups excluding carboxylic acids is 1. The van der Waals surface area contributed by atoms with Gasteiger partial charge in [-0.15, -0.1) is 0 Å². The third-order valence-electron chi connectivity index (χ3n) is 2.60. The van der Waals surface area contributed by atoms with Crippen LogP contribution in [0.3, 0.4) is 0 Å². The van der Waals surface area contributed by atoms with Crippen molar-refractivity contribution in [3.63, 3.8) is 0 Å². The highest BCUT2D eigenvalue weighted by atomic mass is 32.2. The highest BCUT2D eigenvalue weighted by Crippen LogP contribution is 2.39. The molecule has 1 atom stereocenters. The number of aromatic nitrogens is 1. The number of carbonyl (C=O) groups is 2. The van der Waals surface area contributed by atoms with Crippen molar-refractivity contribution in [3.05, 3.63) is 23.4 Å².